The van der Waals surface area contributed by atoms with E-state index in [-0.39, 0.29) is 18.5 Å². The van der Waals surface area contributed by atoms with E-state index in [1.807, 2.05) is 0 Å². The van der Waals surface area contributed by atoms with Crippen LogP contribution in [-0.4, -0.2) is 65.7 Å². The third kappa shape index (κ3) is 3.44. The molecule has 0 radical (unpaired) electrons. The van der Waals surface area contributed by atoms with Crippen molar-refractivity contribution >= 4 is 17.8 Å². The van der Waals surface area contributed by atoms with Gasteiger partial charge >= 0.3 is 6.09 Å². The van der Waals surface area contributed by atoms with Crippen LogP contribution in [0.3, 0.4) is 0 Å². The van der Waals surface area contributed by atoms with E-state index in [0.717, 1.165) is 25.2 Å². The summed E-state index contributed by atoms with van der Waals surface area (Å²) in [6.07, 6.45) is 6.52. The van der Waals surface area contributed by atoms with Gasteiger partial charge in [0.1, 0.15) is 19.0 Å². The molecule has 0 saturated carbocycles. The molecule has 0 aliphatic carbocycles. The number of piperidine rings is 1. The van der Waals surface area contributed by atoms with Gasteiger partial charge in [0.25, 0.3) is 0 Å². The molecule has 3 heterocycles. The van der Waals surface area contributed by atoms with Gasteiger partial charge in [0.15, 0.2) is 0 Å². The number of hydrogen-bond donors (Lipinski definition) is 1. The Hall–Kier alpha value is -2.38. The minimum atomic E-state index is -0.417. The zero-order chi connectivity index (χ0) is 15.4. The molecule has 1 atom stereocenters. The van der Waals surface area contributed by atoms with Crippen LogP contribution in [0.4, 0.5) is 10.6 Å². The second kappa shape index (κ2) is 6.59. The first-order chi connectivity index (χ1) is 10.7. The number of amides is 2. The van der Waals surface area contributed by atoms with Crippen molar-refractivity contribution in [3.63, 3.8) is 0 Å². The van der Waals surface area contributed by atoms with Crippen molar-refractivity contribution in [3.05, 3.63) is 18.6 Å². The molecule has 2 aliphatic heterocycles. The summed E-state index contributed by atoms with van der Waals surface area (Å²) in [5, 5.41) is 2.99. The van der Waals surface area contributed by atoms with Gasteiger partial charge in [0.2, 0.25) is 5.91 Å². The Kier molecular flexibility index (Phi) is 4.36. The Labute approximate surface area is 128 Å². The first-order valence-electron chi connectivity index (χ1n) is 7.44. The van der Waals surface area contributed by atoms with E-state index in [9.17, 15) is 9.59 Å². The molecule has 0 aromatic carbocycles. The molecule has 118 valence electrons. The third-order valence-corrected chi connectivity index (χ3v) is 3.84. The summed E-state index contributed by atoms with van der Waals surface area (Å²) in [5.74, 6) is 0.675. The van der Waals surface area contributed by atoms with Crippen molar-refractivity contribution in [2.75, 3.05) is 37.7 Å². The van der Waals surface area contributed by atoms with Crippen molar-refractivity contribution in [1.82, 2.24) is 20.2 Å². The lowest BCUT2D eigenvalue weighted by molar-refractivity contribution is -0.122. The fourth-order valence-corrected chi connectivity index (χ4v) is 2.77. The molecule has 2 amide bonds. The fourth-order valence-electron chi connectivity index (χ4n) is 2.77. The van der Waals surface area contributed by atoms with Gasteiger partial charge in [-0.3, -0.25) is 14.7 Å². The molecule has 8 nitrogen and oxygen atoms in total. The van der Waals surface area contributed by atoms with Crippen LogP contribution in [-0.2, 0) is 9.53 Å². The van der Waals surface area contributed by atoms with Gasteiger partial charge in [-0.1, -0.05) is 0 Å². The van der Waals surface area contributed by atoms with Gasteiger partial charge < -0.3 is 15.0 Å². The maximum absolute atomic E-state index is 12.0. The number of rotatable bonds is 4. The Morgan fingerprint density at radius 3 is 3.05 bits per heavy atom. The minimum absolute atomic E-state index is 0.0560. The van der Waals surface area contributed by atoms with Crippen LogP contribution in [0.1, 0.15) is 12.8 Å². The first kappa shape index (κ1) is 14.6. The van der Waals surface area contributed by atoms with Crippen molar-refractivity contribution in [3.8, 4) is 0 Å². The smallest absolute Gasteiger partial charge is 0.410 e. The monoisotopic (exact) mass is 305 g/mol. The summed E-state index contributed by atoms with van der Waals surface area (Å²) in [5.41, 5.74) is 0. The Morgan fingerprint density at radius 1 is 1.41 bits per heavy atom. The number of cyclic esters (lactones) is 1. The summed E-state index contributed by atoms with van der Waals surface area (Å²) >= 11 is 0. The molecular weight excluding hydrogens is 286 g/mol. The predicted octanol–water partition coefficient (Wildman–Crippen LogP) is 0.0138. The molecular formula is C14H19N5O3. The number of aromatic nitrogens is 2. The van der Waals surface area contributed by atoms with E-state index in [0.29, 0.717) is 19.7 Å². The van der Waals surface area contributed by atoms with Gasteiger partial charge in [-0.05, 0) is 12.8 Å². The molecule has 3 rings (SSSR count). The minimum Gasteiger partial charge on any atom is -0.448 e. The van der Waals surface area contributed by atoms with Crippen LogP contribution in [0.5, 0.6) is 0 Å². The number of anilines is 1. The van der Waals surface area contributed by atoms with Gasteiger partial charge in [-0.2, -0.15) is 0 Å². The molecule has 0 spiro atoms. The number of carbonyl (C=O) groups is 2. The topological polar surface area (TPSA) is 87.7 Å². The molecule has 1 aromatic rings. The summed E-state index contributed by atoms with van der Waals surface area (Å²) in [7, 11) is 0. The highest BCUT2D eigenvalue weighted by Gasteiger charge is 2.27. The molecule has 2 aliphatic rings. The Bertz CT molecular complexity index is 539. The average Bonchev–Trinajstić information content (AvgIpc) is 2.93. The van der Waals surface area contributed by atoms with E-state index >= 15 is 0 Å². The van der Waals surface area contributed by atoms with E-state index < -0.39 is 6.09 Å². The van der Waals surface area contributed by atoms with Crippen molar-refractivity contribution in [2.24, 2.45) is 0 Å². The van der Waals surface area contributed by atoms with Gasteiger partial charge in [-0.25, -0.2) is 9.78 Å². The molecule has 22 heavy (non-hydrogen) atoms. The SMILES string of the molecule is O=C(CN1CCOC1=O)NC1CCCN(c2cnccn2)C1. The average molecular weight is 305 g/mol. The fraction of sp³-hybridized carbons (Fsp3) is 0.571. The zero-order valence-electron chi connectivity index (χ0n) is 12.3. The van der Waals surface area contributed by atoms with Gasteiger partial charge in [0.05, 0.1) is 12.7 Å². The molecule has 1 unspecified atom stereocenters. The summed E-state index contributed by atoms with van der Waals surface area (Å²) < 4.78 is 4.81. The van der Waals surface area contributed by atoms with Crippen molar-refractivity contribution < 1.29 is 14.3 Å². The summed E-state index contributed by atoms with van der Waals surface area (Å²) in [6, 6.07) is 0.0573. The molecule has 0 bridgehead atoms. The number of hydrogen-bond acceptors (Lipinski definition) is 6. The maximum Gasteiger partial charge on any atom is 0.410 e. The second-order valence-corrected chi connectivity index (χ2v) is 5.45. The lowest BCUT2D eigenvalue weighted by atomic mass is 10.1. The standard InChI is InChI=1S/C14H19N5O3/c20-13(10-19-6-7-22-14(19)21)17-11-2-1-5-18(9-11)12-8-15-3-4-16-12/h3-4,8,11H,1-2,5-7,9-10H2,(H,17,20). The first-order valence-corrected chi connectivity index (χ1v) is 7.44. The second-order valence-electron chi connectivity index (χ2n) is 5.45. The highest BCUT2D eigenvalue weighted by Crippen LogP contribution is 2.16. The lowest BCUT2D eigenvalue weighted by Crippen LogP contribution is -2.50. The van der Waals surface area contributed by atoms with E-state index in [2.05, 4.69) is 20.2 Å². The molecule has 1 N–H and O–H groups in total. The largest absolute Gasteiger partial charge is 0.448 e. The van der Waals surface area contributed by atoms with Crippen molar-refractivity contribution in [2.45, 2.75) is 18.9 Å². The van der Waals surface area contributed by atoms with Crippen LogP contribution in [0.2, 0.25) is 0 Å². The highest BCUT2D eigenvalue weighted by molar-refractivity contribution is 5.83. The normalized spacial score (nSPS) is 21.6. The van der Waals surface area contributed by atoms with Crippen LogP contribution in [0.25, 0.3) is 0 Å². The van der Waals surface area contributed by atoms with E-state index in [4.69, 9.17) is 4.74 Å². The number of ether oxygens (including phenoxy) is 1. The van der Waals surface area contributed by atoms with Crippen LogP contribution in [0, 0.1) is 0 Å². The van der Waals surface area contributed by atoms with Gasteiger partial charge in [-0.15, -0.1) is 0 Å². The van der Waals surface area contributed by atoms with Crippen LogP contribution >= 0.6 is 0 Å². The van der Waals surface area contributed by atoms with Crippen LogP contribution < -0.4 is 10.2 Å². The Morgan fingerprint density at radius 2 is 2.32 bits per heavy atom. The third-order valence-electron chi connectivity index (χ3n) is 3.84. The van der Waals surface area contributed by atoms with Crippen molar-refractivity contribution in [1.29, 1.82) is 0 Å². The predicted molar refractivity (Wildman–Crippen MR) is 78.3 cm³/mol. The molecule has 1 aromatic heterocycles. The Balaban J connectivity index is 1.52. The number of nitrogens with one attached hydrogen (secondary N) is 1. The quantitative estimate of drug-likeness (QED) is 0.843. The summed E-state index contributed by atoms with van der Waals surface area (Å²) in [4.78, 5) is 35.3. The zero-order valence-corrected chi connectivity index (χ0v) is 12.3. The van der Waals surface area contributed by atoms with E-state index in [1.165, 1.54) is 4.90 Å². The lowest BCUT2D eigenvalue weighted by Gasteiger charge is -2.33. The van der Waals surface area contributed by atoms with Gasteiger partial charge in [0, 0.05) is 31.5 Å². The molecule has 8 heteroatoms. The number of carbonyl (C=O) groups excluding carboxylic acids is 2. The molecule has 2 saturated heterocycles. The summed E-state index contributed by atoms with van der Waals surface area (Å²) in [6.45, 7) is 2.50. The maximum atomic E-state index is 12.0. The molecule has 2 fully saturated rings. The van der Waals surface area contributed by atoms with E-state index in [1.54, 1.807) is 18.6 Å². The van der Waals surface area contributed by atoms with Crippen LogP contribution in [0.15, 0.2) is 18.6 Å². The number of nitrogens with zero attached hydrogens (tertiary/aromatic N) is 4. The highest BCUT2D eigenvalue weighted by atomic mass is 16.6.